The maximum absolute atomic E-state index is 14.5. The molecule has 1 aromatic heterocycles. The number of aromatic nitrogens is 1. The minimum absolute atomic E-state index is 0.0112. The number of carbonyl (C=O) groups is 5. The molecule has 4 N–H and O–H groups in total. The lowest BCUT2D eigenvalue weighted by Crippen LogP contribution is -2.59. The van der Waals surface area contributed by atoms with Gasteiger partial charge >= 0.3 is 0 Å². The Morgan fingerprint density at radius 2 is 1.49 bits per heavy atom. The minimum atomic E-state index is -0.947. The van der Waals surface area contributed by atoms with Crippen molar-refractivity contribution in [3.05, 3.63) is 66.4 Å². The summed E-state index contributed by atoms with van der Waals surface area (Å²) in [5.41, 5.74) is 3.12. The van der Waals surface area contributed by atoms with Crippen LogP contribution < -0.4 is 21.3 Å². The summed E-state index contributed by atoms with van der Waals surface area (Å²) < 4.78 is 12.2. The highest BCUT2D eigenvalue weighted by Gasteiger charge is 2.43. The van der Waals surface area contributed by atoms with Crippen molar-refractivity contribution in [2.24, 2.45) is 23.7 Å². The Balaban J connectivity index is 1.53. The van der Waals surface area contributed by atoms with Gasteiger partial charge in [0, 0.05) is 51.3 Å². The van der Waals surface area contributed by atoms with E-state index in [4.69, 9.17) is 9.47 Å². The fourth-order valence-corrected chi connectivity index (χ4v) is 9.60. The second kappa shape index (κ2) is 25.3. The molecule has 15 heteroatoms. The molecule has 2 unspecified atom stereocenters. The van der Waals surface area contributed by atoms with Crippen molar-refractivity contribution in [3.63, 3.8) is 0 Å². The summed E-state index contributed by atoms with van der Waals surface area (Å²) in [6.45, 7) is 18.2. The standard InChI is InChI=1S/C52H80N8O7/c1-15-34(8)47(59(12)52(65)45(31(2)3)57-51(64)46(32(4)5)58(10)11)43(66-13)29-44(61)60-26-18-21-42(60)48(67-14)35(9)49(62)56-41(27-36-22-24-38(25-23-36)54-33(6)7)50(63)55-39-28-37-19-16-17-20-40(37)53-30-39/h16-17,19-20,22-25,28,30-35,41-43,45-48,54H,15,18,21,26-27,29H2,1-14H3,(H,55,63)(H,56,62)(H,57,64)/t34-,35?,41-,42-,43+,45-,46?,47-,48+/m0/s1. The number of benzene rings is 2. The molecule has 0 radical (unpaired) electrons. The third-order valence-electron chi connectivity index (χ3n) is 13.3. The van der Waals surface area contributed by atoms with Crippen molar-refractivity contribution >= 4 is 51.8 Å². The zero-order chi connectivity index (χ0) is 49.7. The second-order valence-electron chi connectivity index (χ2n) is 19.6. The molecule has 1 aliphatic rings. The number of nitrogens with one attached hydrogen (secondary N) is 4. The predicted molar refractivity (Wildman–Crippen MR) is 266 cm³/mol. The summed E-state index contributed by atoms with van der Waals surface area (Å²) in [5, 5.41) is 13.3. The first-order chi connectivity index (χ1) is 31.7. The molecule has 4 rings (SSSR count). The normalized spacial score (nSPS) is 17.7. The Morgan fingerprint density at radius 1 is 0.821 bits per heavy atom. The van der Waals surface area contributed by atoms with Gasteiger partial charge < -0.3 is 40.5 Å². The Bertz CT molecular complexity index is 2090. The lowest BCUT2D eigenvalue weighted by molar-refractivity contribution is -0.148. The number of rotatable bonds is 24. The zero-order valence-corrected chi connectivity index (χ0v) is 42.6. The van der Waals surface area contributed by atoms with Crippen LogP contribution in [0.2, 0.25) is 0 Å². The monoisotopic (exact) mass is 929 g/mol. The average molecular weight is 929 g/mol. The van der Waals surface area contributed by atoms with E-state index in [0.29, 0.717) is 31.5 Å². The Labute approximate surface area is 399 Å². The molecular weight excluding hydrogens is 849 g/mol. The first kappa shape index (κ1) is 54.5. The third-order valence-corrected chi connectivity index (χ3v) is 13.3. The molecule has 0 bridgehead atoms. The van der Waals surface area contributed by atoms with Gasteiger partial charge in [0.1, 0.15) is 12.1 Å². The van der Waals surface area contributed by atoms with Crippen LogP contribution in [-0.4, -0.2) is 140 Å². The van der Waals surface area contributed by atoms with Gasteiger partial charge in [-0.05, 0) is 88.4 Å². The van der Waals surface area contributed by atoms with Crippen molar-refractivity contribution in [2.75, 3.05) is 52.5 Å². The summed E-state index contributed by atoms with van der Waals surface area (Å²) in [6.07, 6.45) is 2.50. The van der Waals surface area contributed by atoms with E-state index in [9.17, 15) is 24.0 Å². The molecule has 2 heterocycles. The maximum atomic E-state index is 14.5. The van der Waals surface area contributed by atoms with Crippen molar-refractivity contribution in [3.8, 4) is 0 Å². The molecule has 3 aromatic rings. The number of carbonyl (C=O) groups excluding carboxylic acids is 5. The zero-order valence-electron chi connectivity index (χ0n) is 42.6. The number of amides is 5. The van der Waals surface area contributed by atoms with Crippen molar-refractivity contribution in [1.82, 2.24) is 30.3 Å². The number of anilines is 2. The van der Waals surface area contributed by atoms with E-state index in [0.717, 1.165) is 22.2 Å². The molecule has 0 spiro atoms. The van der Waals surface area contributed by atoms with Crippen LogP contribution in [0.15, 0.2) is 60.8 Å². The highest BCUT2D eigenvalue weighted by molar-refractivity contribution is 5.99. The van der Waals surface area contributed by atoms with Gasteiger partial charge in [-0.1, -0.05) is 85.2 Å². The molecule has 0 saturated carbocycles. The Morgan fingerprint density at radius 3 is 2.07 bits per heavy atom. The van der Waals surface area contributed by atoms with E-state index in [1.165, 1.54) is 0 Å². The van der Waals surface area contributed by atoms with Crippen LogP contribution in [0, 0.1) is 23.7 Å². The van der Waals surface area contributed by atoms with Crippen molar-refractivity contribution < 1.29 is 33.4 Å². The molecule has 2 aromatic carbocycles. The molecule has 1 aliphatic heterocycles. The van der Waals surface area contributed by atoms with Crippen LogP contribution in [0.25, 0.3) is 10.9 Å². The SMILES string of the molecule is CC[C@H](C)[C@@H]([C@@H](CC(=O)N1CCC[C@H]1[C@H](OC)C(C)C(=O)N[C@@H](Cc1ccc(NC(C)C)cc1)C(=O)Nc1cnc2ccccc2c1)OC)N(C)C(=O)[C@@H](NC(=O)C(C(C)C)N(C)C)C(C)C. The molecule has 1 fully saturated rings. The molecule has 67 heavy (non-hydrogen) atoms. The Kier molecular flexibility index (Phi) is 20.6. The quantitative estimate of drug-likeness (QED) is 0.0791. The number of para-hydroxylation sites is 1. The fourth-order valence-electron chi connectivity index (χ4n) is 9.60. The average Bonchev–Trinajstić information content (AvgIpc) is 3.77. The molecule has 15 nitrogen and oxygen atoms in total. The van der Waals surface area contributed by atoms with Crippen LogP contribution >= 0.6 is 0 Å². The highest BCUT2D eigenvalue weighted by atomic mass is 16.5. The lowest BCUT2D eigenvalue weighted by atomic mass is 9.89. The van der Waals surface area contributed by atoms with Crippen molar-refractivity contribution in [1.29, 1.82) is 0 Å². The van der Waals surface area contributed by atoms with E-state index < -0.39 is 54.2 Å². The molecule has 5 amide bonds. The summed E-state index contributed by atoms with van der Waals surface area (Å²) >= 11 is 0. The number of fused-ring (bicyclic) bond motifs is 1. The van der Waals surface area contributed by atoms with Gasteiger partial charge in [-0.3, -0.25) is 33.9 Å². The number of hydrogen-bond acceptors (Lipinski definition) is 10. The minimum Gasteiger partial charge on any atom is -0.383 e. The summed E-state index contributed by atoms with van der Waals surface area (Å²) in [5.74, 6) is -2.38. The van der Waals surface area contributed by atoms with E-state index in [1.807, 2.05) is 115 Å². The molecule has 0 aliphatic carbocycles. The van der Waals surface area contributed by atoms with Crippen LogP contribution in [0.5, 0.6) is 0 Å². The van der Waals surface area contributed by atoms with Gasteiger partial charge in [-0.25, -0.2) is 0 Å². The van der Waals surface area contributed by atoms with Gasteiger partial charge in [0.05, 0.1) is 60.1 Å². The van der Waals surface area contributed by atoms with Crippen molar-refractivity contribution in [2.45, 2.75) is 143 Å². The van der Waals surface area contributed by atoms with E-state index in [2.05, 4.69) is 40.1 Å². The lowest BCUT2D eigenvalue weighted by Gasteiger charge is -2.41. The number of likely N-dealkylation sites (N-methyl/N-ethyl adjacent to an activating group) is 2. The van der Waals surface area contributed by atoms with E-state index >= 15 is 0 Å². The number of likely N-dealkylation sites (tertiary alicyclic amines) is 1. The topological polar surface area (TPSA) is 175 Å². The van der Waals surface area contributed by atoms with E-state index in [-0.39, 0.29) is 60.3 Å². The smallest absolute Gasteiger partial charge is 0.247 e. The summed E-state index contributed by atoms with van der Waals surface area (Å²) in [7, 11) is 8.54. The number of nitrogens with zero attached hydrogens (tertiary/aromatic N) is 4. The van der Waals surface area contributed by atoms with E-state index in [1.54, 1.807) is 44.2 Å². The van der Waals surface area contributed by atoms with Crippen LogP contribution in [0.1, 0.15) is 93.6 Å². The number of methoxy groups -OCH3 is 2. The molecule has 1 saturated heterocycles. The molecule has 370 valence electrons. The first-order valence-electron chi connectivity index (χ1n) is 24.1. The first-order valence-corrected chi connectivity index (χ1v) is 24.1. The van der Waals surface area contributed by atoms with Gasteiger partial charge in [-0.2, -0.15) is 0 Å². The summed E-state index contributed by atoms with van der Waals surface area (Å²) in [6, 6.07) is 14.5. The maximum Gasteiger partial charge on any atom is 0.247 e. The van der Waals surface area contributed by atoms with Gasteiger partial charge in [0.15, 0.2) is 0 Å². The molecular formula is C52H80N8O7. The van der Waals surface area contributed by atoms with Gasteiger partial charge in [0.2, 0.25) is 29.5 Å². The fraction of sp³-hybridized carbons (Fsp3) is 0.615. The van der Waals surface area contributed by atoms with Crippen LogP contribution in [-0.2, 0) is 39.9 Å². The highest BCUT2D eigenvalue weighted by Crippen LogP contribution is 2.30. The molecule has 9 atom stereocenters. The van der Waals surface area contributed by atoms with Crippen LogP contribution in [0.3, 0.4) is 0 Å². The van der Waals surface area contributed by atoms with Crippen LogP contribution in [0.4, 0.5) is 11.4 Å². The number of pyridine rings is 1. The third kappa shape index (κ3) is 14.4. The summed E-state index contributed by atoms with van der Waals surface area (Å²) in [4.78, 5) is 80.7. The predicted octanol–water partition coefficient (Wildman–Crippen LogP) is 6.37. The largest absolute Gasteiger partial charge is 0.383 e. The number of hydrogen-bond donors (Lipinski definition) is 4. The Hall–Kier alpha value is -5.12. The number of ether oxygens (including phenoxy) is 2. The van der Waals surface area contributed by atoms with Gasteiger partial charge in [-0.15, -0.1) is 0 Å². The van der Waals surface area contributed by atoms with Gasteiger partial charge in [0.25, 0.3) is 0 Å². The second-order valence-corrected chi connectivity index (χ2v) is 19.6.